The molecule has 2 aliphatic heterocycles. The quantitative estimate of drug-likeness (QED) is 0.301. The molecular weight excluding hydrogens is 432 g/mol. The average molecular weight is 459 g/mol. The third kappa shape index (κ3) is 3.81. The second-order valence-electron chi connectivity index (χ2n) is 9.32. The van der Waals surface area contributed by atoms with Gasteiger partial charge in [0.1, 0.15) is 5.75 Å². The zero-order chi connectivity index (χ0) is 24.0. The van der Waals surface area contributed by atoms with Crippen molar-refractivity contribution in [3.8, 4) is 5.75 Å². The van der Waals surface area contributed by atoms with Crippen molar-refractivity contribution in [2.75, 3.05) is 16.3 Å². The van der Waals surface area contributed by atoms with E-state index in [1.54, 1.807) is 29.2 Å². The van der Waals surface area contributed by atoms with Crippen LogP contribution in [0, 0.1) is 24.7 Å². The molecule has 2 fully saturated rings. The van der Waals surface area contributed by atoms with E-state index in [0.717, 1.165) is 16.8 Å². The summed E-state index contributed by atoms with van der Waals surface area (Å²) < 4.78 is 5.53. The Balaban J connectivity index is 1.25. The highest BCUT2D eigenvalue weighted by molar-refractivity contribution is 6.22. The molecule has 1 aliphatic carbocycles. The molecule has 5 rings (SSSR count). The van der Waals surface area contributed by atoms with Gasteiger partial charge in [0.15, 0.2) is 0 Å². The molecule has 0 aromatic heterocycles. The van der Waals surface area contributed by atoms with Gasteiger partial charge in [0.2, 0.25) is 17.7 Å². The van der Waals surface area contributed by atoms with Gasteiger partial charge < -0.3 is 9.64 Å². The molecule has 3 atom stereocenters. The van der Waals surface area contributed by atoms with Crippen LogP contribution in [0.2, 0.25) is 0 Å². The van der Waals surface area contributed by atoms with E-state index in [1.165, 1.54) is 4.90 Å². The van der Waals surface area contributed by atoms with Gasteiger partial charge in [-0.05, 0) is 62.6 Å². The Labute approximate surface area is 198 Å². The molecule has 2 saturated heterocycles. The van der Waals surface area contributed by atoms with Gasteiger partial charge in [-0.3, -0.25) is 24.1 Å². The molecule has 3 amide bonds. The van der Waals surface area contributed by atoms with Crippen LogP contribution in [0.15, 0.2) is 60.2 Å². The molecule has 0 N–H and O–H groups in total. The van der Waals surface area contributed by atoms with Gasteiger partial charge in [0.05, 0.1) is 23.4 Å². The number of allylic oxidation sites excluding steroid dienone is 2. The molecule has 2 aromatic carbocycles. The van der Waals surface area contributed by atoms with Gasteiger partial charge in [-0.25, -0.2) is 0 Å². The summed E-state index contributed by atoms with van der Waals surface area (Å²) in [6.45, 7) is 4.18. The van der Waals surface area contributed by atoms with Crippen LogP contribution in [0.1, 0.15) is 31.7 Å². The monoisotopic (exact) mass is 458 g/mol. The molecule has 0 unspecified atom stereocenters. The first-order chi connectivity index (χ1) is 16.3. The Hall–Kier alpha value is -3.74. The smallest absolute Gasteiger partial charge is 0.316 e. The van der Waals surface area contributed by atoms with Crippen LogP contribution in [0.4, 0.5) is 11.4 Å². The molecule has 2 heterocycles. The summed E-state index contributed by atoms with van der Waals surface area (Å²) in [5, 5.41) is 0. The fourth-order valence-electron chi connectivity index (χ4n) is 5.12. The fraction of sp³-hybridized carbons (Fsp3) is 0.333. The predicted molar refractivity (Wildman–Crippen MR) is 126 cm³/mol. The lowest BCUT2D eigenvalue weighted by molar-refractivity contribution is -0.139. The highest BCUT2D eigenvalue weighted by atomic mass is 16.5. The number of aryl methyl sites for hydroxylation is 1. The summed E-state index contributed by atoms with van der Waals surface area (Å²) in [4.78, 5) is 53.9. The predicted octanol–water partition coefficient (Wildman–Crippen LogP) is 3.80. The van der Waals surface area contributed by atoms with Crippen molar-refractivity contribution in [3.63, 3.8) is 0 Å². The van der Waals surface area contributed by atoms with Gasteiger partial charge in [-0.1, -0.05) is 29.8 Å². The topological polar surface area (TPSA) is 84.0 Å². The largest absolute Gasteiger partial charge is 0.426 e. The minimum absolute atomic E-state index is 0.0955. The lowest BCUT2D eigenvalue weighted by Crippen LogP contribution is -2.30. The van der Waals surface area contributed by atoms with Crippen molar-refractivity contribution >= 4 is 35.1 Å². The average Bonchev–Trinajstić information content (AvgIpc) is 3.32. The van der Waals surface area contributed by atoms with Gasteiger partial charge in [-0.2, -0.15) is 0 Å². The van der Waals surface area contributed by atoms with E-state index in [1.807, 2.05) is 44.2 Å². The lowest BCUT2D eigenvalue weighted by atomic mass is 9.82. The summed E-state index contributed by atoms with van der Waals surface area (Å²) in [5.41, 5.74) is 3.39. The Morgan fingerprint density at radius 3 is 2.35 bits per heavy atom. The summed E-state index contributed by atoms with van der Waals surface area (Å²) in [6.07, 6.45) is 3.33. The van der Waals surface area contributed by atoms with E-state index in [-0.39, 0.29) is 42.5 Å². The lowest BCUT2D eigenvalue weighted by Gasteiger charge is -2.19. The number of anilines is 2. The number of para-hydroxylation sites is 1. The first-order valence-corrected chi connectivity index (χ1v) is 11.5. The summed E-state index contributed by atoms with van der Waals surface area (Å²) in [5.74, 6) is -1.79. The molecule has 0 spiro atoms. The third-order valence-electron chi connectivity index (χ3n) is 7.00. The number of hydrogen-bond donors (Lipinski definition) is 0. The molecule has 34 heavy (non-hydrogen) atoms. The Morgan fingerprint density at radius 1 is 0.912 bits per heavy atom. The van der Waals surface area contributed by atoms with Crippen LogP contribution in [0.5, 0.6) is 5.75 Å². The number of carbonyl (C=O) groups is 4. The zero-order valence-electron chi connectivity index (χ0n) is 19.2. The number of benzene rings is 2. The first-order valence-electron chi connectivity index (χ1n) is 11.5. The number of esters is 1. The summed E-state index contributed by atoms with van der Waals surface area (Å²) in [7, 11) is 0. The van der Waals surface area contributed by atoms with Gasteiger partial charge >= 0.3 is 5.97 Å². The van der Waals surface area contributed by atoms with Crippen LogP contribution in [0.25, 0.3) is 0 Å². The second kappa shape index (κ2) is 8.56. The summed E-state index contributed by atoms with van der Waals surface area (Å²) in [6, 6.07) is 14.0. The molecule has 7 heteroatoms. The van der Waals surface area contributed by atoms with E-state index in [0.29, 0.717) is 24.3 Å². The number of hydrogen-bond acceptors (Lipinski definition) is 5. The zero-order valence-corrected chi connectivity index (χ0v) is 19.2. The van der Waals surface area contributed by atoms with Crippen molar-refractivity contribution in [2.45, 2.75) is 33.1 Å². The first kappa shape index (κ1) is 22.1. The minimum atomic E-state index is -0.563. The summed E-state index contributed by atoms with van der Waals surface area (Å²) >= 11 is 0. The number of ether oxygens (including phenoxy) is 1. The van der Waals surface area contributed by atoms with Gasteiger partial charge in [0.25, 0.3) is 0 Å². The van der Waals surface area contributed by atoms with Crippen molar-refractivity contribution in [1.29, 1.82) is 0 Å². The maximum absolute atomic E-state index is 12.9. The number of carbonyl (C=O) groups excluding carboxylic acids is 4. The Bertz CT molecular complexity index is 1220. The van der Waals surface area contributed by atoms with E-state index >= 15 is 0 Å². The fourth-order valence-corrected chi connectivity index (χ4v) is 5.12. The van der Waals surface area contributed by atoms with Crippen LogP contribution in [-0.4, -0.2) is 30.2 Å². The maximum atomic E-state index is 12.9. The van der Waals surface area contributed by atoms with Crippen LogP contribution < -0.4 is 14.5 Å². The van der Waals surface area contributed by atoms with Crippen LogP contribution in [-0.2, 0) is 19.2 Å². The van der Waals surface area contributed by atoms with Crippen molar-refractivity contribution < 1.29 is 23.9 Å². The van der Waals surface area contributed by atoms with Crippen LogP contribution >= 0.6 is 0 Å². The number of rotatable bonds is 4. The molecule has 0 saturated carbocycles. The number of imide groups is 1. The normalized spacial score (nSPS) is 24.4. The van der Waals surface area contributed by atoms with E-state index in [2.05, 4.69) is 0 Å². The van der Waals surface area contributed by atoms with Crippen molar-refractivity contribution in [1.82, 2.24) is 0 Å². The number of nitrogens with zero attached hydrogens (tertiary/aromatic N) is 2. The van der Waals surface area contributed by atoms with E-state index in [9.17, 15) is 19.2 Å². The maximum Gasteiger partial charge on any atom is 0.316 e. The van der Waals surface area contributed by atoms with Crippen LogP contribution in [0.3, 0.4) is 0 Å². The standard InChI is InChI=1S/C27H26N2O5/c1-16-7-12-21-22(13-16)26(32)29(25(21)31)19-8-10-20(11-9-19)34-27(33)18-14-24(30)28(15-18)23-6-4-3-5-17(23)2/h3-11,18,21-22H,12-15H2,1-2H3/t18-,21-,22+/m0/s1. The minimum Gasteiger partial charge on any atom is -0.426 e. The van der Waals surface area contributed by atoms with Crippen molar-refractivity contribution in [2.24, 2.45) is 17.8 Å². The molecule has 0 bridgehead atoms. The SMILES string of the molecule is CC1=CC[C@@H]2C(=O)N(c3ccc(OC(=O)[C@H]4CC(=O)N(c5ccccc5C)C4)cc3)C(=O)[C@@H]2C1. The molecule has 174 valence electrons. The highest BCUT2D eigenvalue weighted by Crippen LogP contribution is 2.40. The number of amides is 3. The Morgan fingerprint density at radius 2 is 1.62 bits per heavy atom. The van der Waals surface area contributed by atoms with E-state index < -0.39 is 11.9 Å². The molecule has 0 radical (unpaired) electrons. The molecule has 3 aliphatic rings. The van der Waals surface area contributed by atoms with Crippen molar-refractivity contribution in [3.05, 3.63) is 65.7 Å². The van der Waals surface area contributed by atoms with Gasteiger partial charge in [-0.15, -0.1) is 0 Å². The third-order valence-corrected chi connectivity index (χ3v) is 7.00. The second-order valence-corrected chi connectivity index (χ2v) is 9.32. The highest BCUT2D eigenvalue weighted by Gasteiger charge is 2.48. The Kier molecular flexibility index (Phi) is 5.55. The molecule has 2 aromatic rings. The van der Waals surface area contributed by atoms with E-state index in [4.69, 9.17) is 4.74 Å². The number of fused-ring (bicyclic) bond motifs is 1. The molecular formula is C27H26N2O5. The van der Waals surface area contributed by atoms with Gasteiger partial charge in [0, 0.05) is 18.7 Å². The molecule has 7 nitrogen and oxygen atoms in total.